The Labute approximate surface area is 198 Å². The highest BCUT2D eigenvalue weighted by molar-refractivity contribution is 8.52. The topological polar surface area (TPSA) is 0 Å². The maximum Gasteiger partial charge on any atom is 0.128 e. The first-order valence-corrected chi connectivity index (χ1v) is 16.8. The van der Waals surface area contributed by atoms with Gasteiger partial charge in [0.15, 0.2) is 0 Å². The van der Waals surface area contributed by atoms with Crippen LogP contribution in [0.2, 0.25) is 0 Å². The van der Waals surface area contributed by atoms with Crippen LogP contribution in [0.3, 0.4) is 0 Å². The molecule has 0 aromatic heterocycles. The molecular formula is C27H26BrP3. The summed E-state index contributed by atoms with van der Waals surface area (Å²) < 4.78 is 0. The Balaban J connectivity index is 0.00000231. The predicted molar refractivity (Wildman–Crippen MR) is 139 cm³/mol. The summed E-state index contributed by atoms with van der Waals surface area (Å²) >= 11 is 0. The molecule has 0 unspecified atom stereocenters. The molecule has 0 saturated heterocycles. The summed E-state index contributed by atoms with van der Waals surface area (Å²) in [5, 5.41) is 6.25. The second kappa shape index (κ2) is 9.98. The zero-order valence-corrected chi connectivity index (χ0v) is 21.7. The molecule has 0 spiro atoms. The van der Waals surface area contributed by atoms with E-state index in [0.717, 1.165) is 0 Å². The molecule has 0 bridgehead atoms. The van der Waals surface area contributed by atoms with Crippen molar-refractivity contribution in [1.29, 1.82) is 0 Å². The number of benzene rings is 4. The highest BCUT2D eigenvalue weighted by Gasteiger charge is 2.48. The second-order valence-electron chi connectivity index (χ2n) is 7.77. The molecule has 1 heterocycles. The van der Waals surface area contributed by atoms with E-state index in [1.54, 1.807) is 28.8 Å². The van der Waals surface area contributed by atoms with Crippen molar-refractivity contribution < 1.29 is 17.0 Å². The van der Waals surface area contributed by atoms with Gasteiger partial charge < -0.3 is 17.0 Å². The number of rotatable bonds is 4. The van der Waals surface area contributed by atoms with Crippen LogP contribution in [0, 0.1) is 0 Å². The van der Waals surface area contributed by atoms with Gasteiger partial charge in [-0.05, 0) is 47.5 Å². The summed E-state index contributed by atoms with van der Waals surface area (Å²) in [5.74, 6) is 0. The molecule has 0 amide bonds. The second-order valence-corrected chi connectivity index (χ2v) is 20.2. The van der Waals surface area contributed by atoms with Gasteiger partial charge in [0.25, 0.3) is 0 Å². The van der Waals surface area contributed by atoms with Crippen LogP contribution in [-0.4, -0.2) is 12.3 Å². The van der Waals surface area contributed by atoms with Crippen LogP contribution in [-0.2, 0) is 0 Å². The molecule has 0 saturated carbocycles. The van der Waals surface area contributed by atoms with Crippen LogP contribution in [0.1, 0.15) is 6.42 Å². The first-order chi connectivity index (χ1) is 14.8. The van der Waals surface area contributed by atoms with Crippen LogP contribution in [0.4, 0.5) is 0 Å². The number of hydrogen-bond acceptors (Lipinski definition) is 0. The van der Waals surface area contributed by atoms with Gasteiger partial charge in [0.05, 0.1) is 6.16 Å². The average molecular weight is 523 g/mol. The maximum atomic E-state index is 2.39. The van der Waals surface area contributed by atoms with Gasteiger partial charge in [-0.25, -0.2) is 0 Å². The zero-order valence-electron chi connectivity index (χ0n) is 17.4. The Hall–Kier alpha value is -1.48. The molecular weight excluding hydrogens is 497 g/mol. The van der Waals surface area contributed by atoms with E-state index >= 15 is 0 Å². The molecule has 5 rings (SSSR count). The van der Waals surface area contributed by atoms with Crippen molar-refractivity contribution in [2.24, 2.45) is 0 Å². The quantitative estimate of drug-likeness (QED) is 0.360. The molecule has 4 heteroatoms. The smallest absolute Gasteiger partial charge is 0.128 e. The van der Waals surface area contributed by atoms with Gasteiger partial charge in [0, 0.05) is 6.55 Å². The lowest BCUT2D eigenvalue weighted by Gasteiger charge is -2.35. The minimum absolute atomic E-state index is 0. The lowest BCUT2D eigenvalue weighted by Crippen LogP contribution is -3.00. The predicted octanol–water partition coefficient (Wildman–Crippen LogP) is 3.51. The van der Waals surface area contributed by atoms with E-state index in [4.69, 9.17) is 0 Å². The van der Waals surface area contributed by atoms with E-state index in [9.17, 15) is 0 Å². The van der Waals surface area contributed by atoms with E-state index in [1.165, 1.54) is 18.7 Å². The Kier molecular flexibility index (Phi) is 7.31. The van der Waals surface area contributed by atoms with Crippen molar-refractivity contribution in [2.75, 3.05) is 12.3 Å². The molecule has 4 aromatic carbocycles. The minimum atomic E-state index is -1.53. The van der Waals surface area contributed by atoms with Crippen molar-refractivity contribution in [3.05, 3.63) is 121 Å². The molecule has 1 aliphatic heterocycles. The van der Waals surface area contributed by atoms with E-state index in [0.29, 0.717) is 0 Å². The van der Waals surface area contributed by atoms with Gasteiger partial charge in [-0.15, -0.1) is 0 Å². The van der Waals surface area contributed by atoms with Crippen LogP contribution in [0.15, 0.2) is 121 Å². The van der Waals surface area contributed by atoms with Gasteiger partial charge in [0.2, 0.25) is 0 Å². The lowest BCUT2D eigenvalue weighted by atomic mass is 10.4. The molecule has 156 valence electrons. The van der Waals surface area contributed by atoms with Crippen molar-refractivity contribution in [3.8, 4) is 0 Å². The van der Waals surface area contributed by atoms with Crippen LogP contribution in [0.25, 0.3) is 0 Å². The molecule has 0 radical (unpaired) electrons. The van der Waals surface area contributed by atoms with Crippen LogP contribution in [0.5, 0.6) is 0 Å². The normalized spacial score (nSPS) is 17.0. The Morgan fingerprint density at radius 1 is 0.548 bits per heavy atom. The van der Waals surface area contributed by atoms with Crippen molar-refractivity contribution >= 4 is 42.3 Å². The molecule has 0 N–H and O–H groups in total. The third kappa shape index (κ3) is 4.27. The highest BCUT2D eigenvalue weighted by Crippen LogP contribution is 2.81. The first kappa shape index (κ1) is 22.7. The molecule has 0 atom stereocenters. The van der Waals surface area contributed by atoms with Gasteiger partial charge >= 0.3 is 0 Å². The van der Waals surface area contributed by atoms with Crippen LogP contribution >= 0.6 is 21.1 Å². The zero-order chi connectivity index (χ0) is 20.3. The van der Waals surface area contributed by atoms with E-state index in [-0.39, 0.29) is 17.0 Å². The fourth-order valence-electron chi connectivity index (χ4n) is 4.60. The summed E-state index contributed by atoms with van der Waals surface area (Å²) in [6, 6.07) is 45.6. The van der Waals surface area contributed by atoms with Gasteiger partial charge in [-0.2, -0.15) is 0 Å². The monoisotopic (exact) mass is 522 g/mol. The Morgan fingerprint density at radius 2 is 0.935 bits per heavy atom. The fourth-order valence-corrected chi connectivity index (χ4v) is 27.3. The van der Waals surface area contributed by atoms with E-state index in [2.05, 4.69) is 121 Å². The molecule has 0 fully saturated rings. The van der Waals surface area contributed by atoms with E-state index in [1.807, 2.05) is 0 Å². The largest absolute Gasteiger partial charge is 1.00 e. The third-order valence-electron chi connectivity index (χ3n) is 6.00. The summed E-state index contributed by atoms with van der Waals surface area (Å²) in [5.41, 5.74) is 0. The molecule has 0 nitrogen and oxygen atoms in total. The number of halogens is 1. The SMILES string of the molecule is [Br-].c1ccc(P2(c3ccccc3)=P[P+](c3ccccc3)(c3ccccc3)CCC2)cc1. The van der Waals surface area contributed by atoms with Crippen molar-refractivity contribution in [3.63, 3.8) is 0 Å². The molecule has 0 aliphatic carbocycles. The van der Waals surface area contributed by atoms with Gasteiger partial charge in [0.1, 0.15) is 25.1 Å². The first-order valence-electron chi connectivity index (χ1n) is 10.6. The third-order valence-corrected chi connectivity index (χ3v) is 24.4. The molecule has 31 heavy (non-hydrogen) atoms. The van der Waals surface area contributed by atoms with Crippen molar-refractivity contribution in [2.45, 2.75) is 6.42 Å². The Morgan fingerprint density at radius 3 is 1.35 bits per heavy atom. The standard InChI is InChI=1S/C27H26P3.BrH/c1-5-14-24(15-6-1)29(25-16-7-2-8-17-25)22-13-23-30(28-29,26-18-9-3-10-19-26)27-20-11-4-12-21-27;/h1-12,14-21H,13,22-23H2;1H/q+1;/p-1. The van der Waals surface area contributed by atoms with Crippen molar-refractivity contribution in [1.82, 2.24) is 0 Å². The lowest BCUT2D eigenvalue weighted by molar-refractivity contribution is -0.00000563. The molecule has 4 aromatic rings. The summed E-state index contributed by atoms with van der Waals surface area (Å²) in [6.45, 7) is -3.05. The summed E-state index contributed by atoms with van der Waals surface area (Å²) in [6.07, 6.45) is 3.91. The number of hydrogen-bond donors (Lipinski definition) is 0. The van der Waals surface area contributed by atoms with E-state index < -0.39 is 13.5 Å². The Bertz CT molecular complexity index is 1080. The maximum absolute atomic E-state index is 2.39. The summed E-state index contributed by atoms with van der Waals surface area (Å²) in [4.78, 5) is 0. The van der Waals surface area contributed by atoms with Crippen LogP contribution < -0.4 is 38.2 Å². The summed E-state index contributed by atoms with van der Waals surface area (Å²) in [7, 11) is 1.66. The fraction of sp³-hybridized carbons (Fsp3) is 0.111. The molecule has 1 aliphatic rings. The highest BCUT2D eigenvalue weighted by atomic mass is 79.9. The van der Waals surface area contributed by atoms with Gasteiger partial charge in [-0.1, -0.05) is 97.1 Å². The average Bonchev–Trinajstić information content (AvgIpc) is 2.86. The minimum Gasteiger partial charge on any atom is -1.00 e. The van der Waals surface area contributed by atoms with Gasteiger partial charge in [-0.3, -0.25) is 0 Å².